The monoisotopic (exact) mass is 249 g/mol. The second-order valence-corrected chi connectivity index (χ2v) is 3.33. The molecule has 0 bridgehead atoms. The summed E-state index contributed by atoms with van der Waals surface area (Å²) in [7, 11) is 1.58. The first-order valence-corrected chi connectivity index (χ1v) is 5.42. The van der Waals surface area contributed by atoms with Gasteiger partial charge in [0.25, 0.3) is 0 Å². The van der Waals surface area contributed by atoms with Gasteiger partial charge in [0.05, 0.1) is 13.3 Å². The van der Waals surface area contributed by atoms with Crippen LogP contribution in [0.15, 0.2) is 29.4 Å². The third-order valence-electron chi connectivity index (χ3n) is 2.04. The topological polar surface area (TPSA) is 79.8 Å². The maximum absolute atomic E-state index is 11.2. The third kappa shape index (κ3) is 4.25. The van der Waals surface area contributed by atoms with Crippen molar-refractivity contribution in [2.75, 3.05) is 13.7 Å². The summed E-state index contributed by atoms with van der Waals surface area (Å²) in [5, 5.41) is 6.04. The number of benzene rings is 1. The predicted octanol–water partition coefficient (Wildman–Crippen LogP) is 0.281. The fourth-order valence-corrected chi connectivity index (χ4v) is 1.15. The Bertz CT molecular complexity index is 440. The van der Waals surface area contributed by atoms with Crippen molar-refractivity contribution in [1.29, 1.82) is 0 Å². The number of carbonyl (C=O) groups excluding carboxylic acids is 2. The van der Waals surface area contributed by atoms with Crippen molar-refractivity contribution in [3.63, 3.8) is 0 Å². The van der Waals surface area contributed by atoms with E-state index in [9.17, 15) is 9.59 Å². The fraction of sp³-hybridized carbons (Fsp3) is 0.250. The molecule has 18 heavy (non-hydrogen) atoms. The molecule has 2 N–H and O–H groups in total. The molecule has 6 nitrogen and oxygen atoms in total. The van der Waals surface area contributed by atoms with E-state index in [0.29, 0.717) is 6.54 Å². The lowest BCUT2D eigenvalue weighted by Crippen LogP contribution is -2.37. The van der Waals surface area contributed by atoms with E-state index in [2.05, 4.69) is 15.8 Å². The van der Waals surface area contributed by atoms with Crippen molar-refractivity contribution in [3.05, 3.63) is 29.8 Å². The van der Waals surface area contributed by atoms with Crippen LogP contribution >= 0.6 is 0 Å². The molecular formula is C12H15N3O3. The zero-order valence-electron chi connectivity index (χ0n) is 10.3. The van der Waals surface area contributed by atoms with Crippen molar-refractivity contribution in [2.45, 2.75) is 6.92 Å². The number of ether oxygens (including phenoxy) is 1. The number of hydrogen-bond donors (Lipinski definition) is 2. The molecule has 0 spiro atoms. The Morgan fingerprint density at radius 2 is 1.94 bits per heavy atom. The Labute approximate surface area is 105 Å². The van der Waals surface area contributed by atoms with E-state index < -0.39 is 11.8 Å². The highest BCUT2D eigenvalue weighted by atomic mass is 16.5. The normalized spacial score (nSPS) is 10.1. The number of hydrazone groups is 1. The van der Waals surface area contributed by atoms with E-state index in [1.807, 2.05) is 0 Å². The van der Waals surface area contributed by atoms with Gasteiger partial charge in [0.2, 0.25) is 0 Å². The van der Waals surface area contributed by atoms with Gasteiger partial charge in [0, 0.05) is 6.54 Å². The molecule has 0 aliphatic carbocycles. The molecule has 0 aliphatic rings. The molecule has 6 heteroatoms. The van der Waals surface area contributed by atoms with Crippen LogP contribution in [0, 0.1) is 0 Å². The van der Waals surface area contributed by atoms with Gasteiger partial charge >= 0.3 is 11.8 Å². The molecule has 0 aromatic heterocycles. The summed E-state index contributed by atoms with van der Waals surface area (Å²) in [5.74, 6) is -0.760. The van der Waals surface area contributed by atoms with Crippen molar-refractivity contribution in [1.82, 2.24) is 10.7 Å². The number of methoxy groups -OCH3 is 1. The molecule has 0 aliphatic heterocycles. The molecule has 2 amide bonds. The molecule has 0 fully saturated rings. The molecule has 0 radical (unpaired) electrons. The van der Waals surface area contributed by atoms with Crippen LogP contribution in [0.5, 0.6) is 5.75 Å². The van der Waals surface area contributed by atoms with Crippen LogP contribution in [-0.4, -0.2) is 31.7 Å². The molecule has 0 atom stereocenters. The van der Waals surface area contributed by atoms with Gasteiger partial charge in [-0.2, -0.15) is 5.10 Å². The van der Waals surface area contributed by atoms with Gasteiger partial charge in [-0.1, -0.05) is 0 Å². The minimum Gasteiger partial charge on any atom is -0.497 e. The lowest BCUT2D eigenvalue weighted by atomic mass is 10.2. The van der Waals surface area contributed by atoms with Crippen LogP contribution < -0.4 is 15.5 Å². The lowest BCUT2D eigenvalue weighted by molar-refractivity contribution is -0.139. The predicted molar refractivity (Wildman–Crippen MR) is 67.4 cm³/mol. The van der Waals surface area contributed by atoms with Crippen LogP contribution in [0.3, 0.4) is 0 Å². The largest absolute Gasteiger partial charge is 0.497 e. The number of amides is 2. The van der Waals surface area contributed by atoms with E-state index in [-0.39, 0.29) is 0 Å². The van der Waals surface area contributed by atoms with E-state index in [4.69, 9.17) is 4.74 Å². The second kappa shape index (κ2) is 7.05. The average molecular weight is 249 g/mol. The quantitative estimate of drug-likeness (QED) is 0.457. The third-order valence-corrected chi connectivity index (χ3v) is 2.04. The fourth-order valence-electron chi connectivity index (χ4n) is 1.15. The van der Waals surface area contributed by atoms with Gasteiger partial charge in [-0.3, -0.25) is 9.59 Å². The first-order valence-electron chi connectivity index (χ1n) is 5.42. The number of rotatable bonds is 4. The smallest absolute Gasteiger partial charge is 0.329 e. The summed E-state index contributed by atoms with van der Waals surface area (Å²) in [6, 6.07) is 7.10. The lowest BCUT2D eigenvalue weighted by Gasteiger charge is -2.00. The van der Waals surface area contributed by atoms with Crippen molar-refractivity contribution < 1.29 is 14.3 Å². The summed E-state index contributed by atoms with van der Waals surface area (Å²) in [6.07, 6.45) is 1.44. The molecule has 0 unspecified atom stereocenters. The maximum atomic E-state index is 11.2. The molecule has 96 valence electrons. The number of nitrogens with zero attached hydrogens (tertiary/aromatic N) is 1. The maximum Gasteiger partial charge on any atom is 0.329 e. The Kier molecular flexibility index (Phi) is 5.37. The van der Waals surface area contributed by atoms with Crippen LogP contribution in [0.25, 0.3) is 0 Å². The van der Waals surface area contributed by atoms with E-state index in [1.165, 1.54) is 6.21 Å². The second-order valence-electron chi connectivity index (χ2n) is 3.33. The van der Waals surface area contributed by atoms with Crippen LogP contribution in [0.4, 0.5) is 0 Å². The Hall–Kier alpha value is -2.37. The van der Waals surface area contributed by atoms with Gasteiger partial charge in [-0.25, -0.2) is 5.43 Å². The molecule has 1 aromatic rings. The number of carbonyl (C=O) groups is 2. The molecule has 1 rings (SSSR count). The van der Waals surface area contributed by atoms with Crippen LogP contribution in [0.2, 0.25) is 0 Å². The molecule has 0 saturated heterocycles. The Balaban J connectivity index is 2.49. The van der Waals surface area contributed by atoms with Crippen molar-refractivity contribution in [2.24, 2.45) is 5.10 Å². The highest BCUT2D eigenvalue weighted by Gasteiger charge is 2.09. The average Bonchev–Trinajstić information content (AvgIpc) is 2.39. The highest BCUT2D eigenvalue weighted by Crippen LogP contribution is 2.09. The molecule has 0 saturated carbocycles. The van der Waals surface area contributed by atoms with Gasteiger partial charge in [0.15, 0.2) is 0 Å². The SMILES string of the molecule is CCNC(=O)C(=O)N/N=C\c1ccc(OC)cc1. The summed E-state index contributed by atoms with van der Waals surface area (Å²) in [4.78, 5) is 22.2. The van der Waals surface area contributed by atoms with Gasteiger partial charge in [-0.05, 0) is 36.8 Å². The zero-order valence-corrected chi connectivity index (χ0v) is 10.3. The minimum atomic E-state index is -0.790. The van der Waals surface area contributed by atoms with Crippen LogP contribution in [0.1, 0.15) is 12.5 Å². The number of nitrogens with one attached hydrogen (secondary N) is 2. The molecule has 0 heterocycles. The standard InChI is InChI=1S/C12H15N3O3/c1-3-13-11(16)12(17)15-14-8-9-4-6-10(18-2)7-5-9/h4-8H,3H2,1-2H3,(H,13,16)(H,15,17)/b14-8-. The van der Waals surface area contributed by atoms with Crippen molar-refractivity contribution in [3.8, 4) is 5.75 Å². The summed E-state index contributed by atoms with van der Waals surface area (Å²) < 4.78 is 5.00. The Morgan fingerprint density at radius 3 is 2.50 bits per heavy atom. The highest BCUT2D eigenvalue weighted by molar-refractivity contribution is 6.35. The van der Waals surface area contributed by atoms with Crippen LogP contribution in [-0.2, 0) is 9.59 Å². The van der Waals surface area contributed by atoms with Gasteiger partial charge in [-0.15, -0.1) is 0 Å². The Morgan fingerprint density at radius 1 is 1.28 bits per heavy atom. The molecular weight excluding hydrogens is 234 g/mol. The first kappa shape index (κ1) is 13.7. The number of likely N-dealkylation sites (N-methyl/N-ethyl adjacent to an activating group) is 1. The summed E-state index contributed by atoms with van der Waals surface area (Å²) >= 11 is 0. The summed E-state index contributed by atoms with van der Waals surface area (Å²) in [6.45, 7) is 2.13. The van der Waals surface area contributed by atoms with E-state index in [1.54, 1.807) is 38.3 Å². The number of hydrogen-bond acceptors (Lipinski definition) is 4. The van der Waals surface area contributed by atoms with Crippen molar-refractivity contribution >= 4 is 18.0 Å². The van der Waals surface area contributed by atoms with E-state index in [0.717, 1.165) is 11.3 Å². The summed E-state index contributed by atoms with van der Waals surface area (Å²) in [5.41, 5.74) is 2.92. The van der Waals surface area contributed by atoms with Gasteiger partial charge < -0.3 is 10.1 Å². The zero-order chi connectivity index (χ0) is 13.4. The minimum absolute atomic E-state index is 0.397. The molecule has 1 aromatic carbocycles. The first-order chi connectivity index (χ1) is 8.67. The van der Waals surface area contributed by atoms with Gasteiger partial charge in [0.1, 0.15) is 5.75 Å². The van der Waals surface area contributed by atoms with E-state index >= 15 is 0 Å².